The highest BCUT2D eigenvalue weighted by Gasteiger charge is 2.27. The predicted octanol–water partition coefficient (Wildman–Crippen LogP) is 7.02. The summed E-state index contributed by atoms with van der Waals surface area (Å²) in [6.45, 7) is 2.00. The molecule has 0 saturated carbocycles. The second-order valence-electron chi connectivity index (χ2n) is 6.45. The topological polar surface area (TPSA) is 40.9 Å². The van der Waals surface area contributed by atoms with Crippen LogP contribution in [0, 0.1) is 0 Å². The van der Waals surface area contributed by atoms with Crippen LogP contribution in [0.2, 0.25) is 5.02 Å². The summed E-state index contributed by atoms with van der Waals surface area (Å²) in [6.07, 6.45) is 2.13. The average Bonchev–Trinajstić information content (AvgIpc) is 3.43. The molecule has 0 fully saturated rings. The molecule has 2 aromatic carbocycles. The molecular formula is C22H15ClN4S2. The van der Waals surface area contributed by atoms with Crippen molar-refractivity contribution >= 4 is 72.9 Å². The summed E-state index contributed by atoms with van der Waals surface area (Å²) in [5.74, 6) is 0.747. The summed E-state index contributed by atoms with van der Waals surface area (Å²) < 4.78 is 1.11. The first-order valence-corrected chi connectivity index (χ1v) is 11.1. The van der Waals surface area contributed by atoms with Gasteiger partial charge < -0.3 is 0 Å². The van der Waals surface area contributed by atoms with Crippen LogP contribution in [0.25, 0.3) is 16.3 Å². The van der Waals surface area contributed by atoms with E-state index < -0.39 is 0 Å². The summed E-state index contributed by atoms with van der Waals surface area (Å²) in [5, 5.41) is 10.0. The normalized spacial score (nSPS) is 16.9. The quantitative estimate of drug-likeness (QED) is 0.347. The van der Waals surface area contributed by atoms with E-state index in [0.717, 1.165) is 37.9 Å². The highest BCUT2D eigenvalue weighted by atomic mass is 35.5. The van der Waals surface area contributed by atoms with E-state index in [1.807, 2.05) is 60.5 Å². The number of fused-ring (bicyclic) bond motifs is 1. The van der Waals surface area contributed by atoms with Gasteiger partial charge in [-0.3, -0.25) is 0 Å². The number of para-hydroxylation sites is 1. The third-order valence-electron chi connectivity index (χ3n) is 4.45. The van der Waals surface area contributed by atoms with Crippen molar-refractivity contribution in [3.63, 3.8) is 0 Å². The maximum Gasteiger partial charge on any atom is 0.212 e. The molecule has 2 aromatic heterocycles. The van der Waals surface area contributed by atoms with Crippen molar-refractivity contribution in [2.75, 3.05) is 5.01 Å². The Morgan fingerprint density at radius 2 is 1.97 bits per heavy atom. The van der Waals surface area contributed by atoms with Crippen molar-refractivity contribution in [1.82, 2.24) is 4.98 Å². The first-order chi connectivity index (χ1) is 14.2. The SMILES string of the molecule is CC1=NN(c2cccc(Cl)c2)C(=N/c2nc3ccccc3s2)/C1=C\c1cccs1. The van der Waals surface area contributed by atoms with E-state index in [-0.39, 0.29) is 0 Å². The Labute approximate surface area is 181 Å². The number of anilines is 1. The van der Waals surface area contributed by atoms with Crippen LogP contribution in [0.15, 0.2) is 81.7 Å². The number of thiazole rings is 1. The number of hydrogen-bond donors (Lipinski definition) is 0. The molecule has 0 saturated heterocycles. The Hall–Kier alpha value is -2.80. The van der Waals surface area contributed by atoms with Crippen LogP contribution in [0.5, 0.6) is 0 Å². The zero-order valence-electron chi connectivity index (χ0n) is 15.4. The summed E-state index contributed by atoms with van der Waals surface area (Å²) in [4.78, 5) is 10.8. The number of aromatic nitrogens is 1. The van der Waals surface area contributed by atoms with Gasteiger partial charge in [0.1, 0.15) is 0 Å². The largest absolute Gasteiger partial charge is 0.218 e. The van der Waals surface area contributed by atoms with E-state index in [1.165, 1.54) is 0 Å². The van der Waals surface area contributed by atoms with E-state index in [4.69, 9.17) is 21.7 Å². The summed E-state index contributed by atoms with van der Waals surface area (Å²) >= 11 is 9.49. The number of amidine groups is 1. The van der Waals surface area contributed by atoms with E-state index >= 15 is 0 Å². The minimum Gasteiger partial charge on any atom is -0.218 e. The fourth-order valence-electron chi connectivity index (χ4n) is 3.11. The fraction of sp³-hybridized carbons (Fsp3) is 0.0455. The second kappa shape index (κ2) is 7.55. The number of halogens is 1. The number of rotatable bonds is 3. The van der Waals surface area contributed by atoms with Gasteiger partial charge in [-0.25, -0.2) is 9.99 Å². The summed E-state index contributed by atoms with van der Waals surface area (Å²) in [7, 11) is 0. The maximum atomic E-state index is 6.23. The van der Waals surface area contributed by atoms with Gasteiger partial charge in [0.25, 0.3) is 0 Å². The molecule has 3 heterocycles. The highest BCUT2D eigenvalue weighted by Crippen LogP contribution is 2.33. The molecule has 0 atom stereocenters. The van der Waals surface area contributed by atoms with Crippen molar-refractivity contribution in [3.8, 4) is 0 Å². The van der Waals surface area contributed by atoms with Crippen LogP contribution in [0.4, 0.5) is 10.8 Å². The molecule has 5 rings (SSSR count). The molecule has 1 aliphatic heterocycles. The van der Waals surface area contributed by atoms with Gasteiger partial charge in [-0.05, 0) is 54.8 Å². The van der Waals surface area contributed by atoms with Crippen LogP contribution in [0.1, 0.15) is 11.8 Å². The maximum absolute atomic E-state index is 6.23. The molecular weight excluding hydrogens is 420 g/mol. The van der Waals surface area contributed by atoms with E-state index in [9.17, 15) is 0 Å². The second-order valence-corrected chi connectivity index (χ2v) is 8.87. The molecule has 0 radical (unpaired) electrons. The third-order valence-corrected chi connectivity index (χ3v) is 6.43. The van der Waals surface area contributed by atoms with Gasteiger partial charge in [-0.1, -0.05) is 47.2 Å². The lowest BCUT2D eigenvalue weighted by Crippen LogP contribution is -2.21. The molecule has 1 aliphatic rings. The molecule has 4 nitrogen and oxygen atoms in total. The molecule has 0 aliphatic carbocycles. The number of benzene rings is 2. The molecule has 142 valence electrons. The third kappa shape index (κ3) is 3.62. The van der Waals surface area contributed by atoms with Gasteiger partial charge in [0.05, 0.1) is 21.6 Å². The molecule has 0 unspecified atom stereocenters. The minimum absolute atomic E-state index is 0.658. The fourth-order valence-corrected chi connectivity index (χ4v) is 4.79. The van der Waals surface area contributed by atoms with Crippen molar-refractivity contribution < 1.29 is 0 Å². The first-order valence-electron chi connectivity index (χ1n) is 8.98. The number of thiophene rings is 1. The minimum atomic E-state index is 0.658. The molecule has 0 spiro atoms. The lowest BCUT2D eigenvalue weighted by molar-refractivity contribution is 1.15. The van der Waals surface area contributed by atoms with Crippen LogP contribution < -0.4 is 5.01 Å². The summed E-state index contributed by atoms with van der Waals surface area (Å²) in [6, 6.07) is 19.8. The zero-order chi connectivity index (χ0) is 19.8. The van der Waals surface area contributed by atoms with E-state index in [0.29, 0.717) is 10.2 Å². The molecule has 7 heteroatoms. The molecule has 0 N–H and O–H groups in total. The van der Waals surface area contributed by atoms with Crippen molar-refractivity contribution in [2.45, 2.75) is 6.92 Å². The molecule has 0 amide bonds. The standard InChI is InChI=1S/C22H15ClN4S2/c1-14-18(13-17-8-5-11-28-17)21(27(26-14)16-7-4-6-15(23)12-16)25-22-24-19-9-2-3-10-20(19)29-22/h2-13H,1H3/b18-13-,25-21+. The smallest absolute Gasteiger partial charge is 0.212 e. The number of hydrazone groups is 1. The van der Waals surface area contributed by atoms with Crippen LogP contribution >= 0.6 is 34.3 Å². The average molecular weight is 435 g/mol. The number of nitrogens with zero attached hydrogens (tertiary/aromatic N) is 4. The van der Waals surface area contributed by atoms with Crippen molar-refractivity contribution in [3.05, 3.63) is 81.5 Å². The Morgan fingerprint density at radius 1 is 1.07 bits per heavy atom. The molecule has 0 bridgehead atoms. The highest BCUT2D eigenvalue weighted by molar-refractivity contribution is 7.22. The van der Waals surface area contributed by atoms with Gasteiger partial charge in [0, 0.05) is 15.5 Å². The van der Waals surface area contributed by atoms with Crippen LogP contribution in [0.3, 0.4) is 0 Å². The Balaban J connectivity index is 1.66. The van der Waals surface area contributed by atoms with E-state index in [2.05, 4.69) is 28.6 Å². The van der Waals surface area contributed by atoms with E-state index in [1.54, 1.807) is 22.7 Å². The molecule has 4 aromatic rings. The Bertz CT molecular complexity index is 1250. The first kappa shape index (κ1) is 18.2. The van der Waals surface area contributed by atoms with Gasteiger partial charge in [-0.15, -0.1) is 11.3 Å². The van der Waals surface area contributed by atoms with Gasteiger partial charge >= 0.3 is 0 Å². The number of hydrogen-bond acceptors (Lipinski definition) is 5. The Kier molecular flexibility index (Phi) is 4.75. The van der Waals surface area contributed by atoms with Crippen LogP contribution in [-0.4, -0.2) is 16.5 Å². The van der Waals surface area contributed by atoms with Crippen molar-refractivity contribution in [1.29, 1.82) is 0 Å². The van der Waals surface area contributed by atoms with Gasteiger partial charge in [0.2, 0.25) is 5.13 Å². The number of aliphatic imine (C=N–C) groups is 1. The predicted molar refractivity (Wildman–Crippen MR) is 126 cm³/mol. The molecule has 29 heavy (non-hydrogen) atoms. The monoisotopic (exact) mass is 434 g/mol. The zero-order valence-corrected chi connectivity index (χ0v) is 17.8. The lowest BCUT2D eigenvalue weighted by atomic mass is 10.1. The summed E-state index contributed by atoms with van der Waals surface area (Å²) in [5.41, 5.74) is 3.70. The van der Waals surface area contributed by atoms with Gasteiger partial charge in [0.15, 0.2) is 5.84 Å². The lowest BCUT2D eigenvalue weighted by Gasteiger charge is -2.15. The van der Waals surface area contributed by atoms with Crippen molar-refractivity contribution in [2.24, 2.45) is 10.1 Å². The Morgan fingerprint density at radius 3 is 2.76 bits per heavy atom. The van der Waals surface area contributed by atoms with Crippen LogP contribution in [-0.2, 0) is 0 Å². The van der Waals surface area contributed by atoms with Gasteiger partial charge in [-0.2, -0.15) is 10.1 Å².